The van der Waals surface area contributed by atoms with Crippen LogP contribution < -0.4 is 16.2 Å². The molecule has 3 rings (SSSR count). The fourth-order valence-corrected chi connectivity index (χ4v) is 3.24. The normalized spacial score (nSPS) is 26.8. The molecule has 2 aromatic rings. The highest BCUT2D eigenvalue weighted by atomic mass is 16.5. The van der Waals surface area contributed by atoms with E-state index in [1.165, 1.54) is 6.42 Å². The summed E-state index contributed by atoms with van der Waals surface area (Å²) in [6.45, 7) is 4.51. The molecule has 5 nitrogen and oxygen atoms in total. The van der Waals surface area contributed by atoms with E-state index in [9.17, 15) is 4.79 Å². The summed E-state index contributed by atoms with van der Waals surface area (Å²) in [5.41, 5.74) is 7.57. The van der Waals surface area contributed by atoms with Crippen molar-refractivity contribution >= 4 is 16.8 Å². The minimum absolute atomic E-state index is 0.187. The number of fused-ring (bicyclic) bond motifs is 1. The topological polar surface area (TPSA) is 81.2 Å². The highest BCUT2D eigenvalue weighted by Gasteiger charge is 2.25. The van der Waals surface area contributed by atoms with Gasteiger partial charge >= 0.3 is 5.76 Å². The monoisotopic (exact) mass is 276 g/mol. The molecule has 0 bridgehead atoms. The number of nitrogens with two attached hydrogens (primary N) is 1. The van der Waals surface area contributed by atoms with E-state index in [1.807, 2.05) is 0 Å². The summed E-state index contributed by atoms with van der Waals surface area (Å²) in [4.78, 5) is 13.8. The second kappa shape index (κ2) is 4.89. The molecule has 2 unspecified atom stereocenters. The number of nitrogen functional groups attached to an aromatic ring is 1. The molecule has 1 aliphatic carbocycles. The van der Waals surface area contributed by atoms with Gasteiger partial charge in [0, 0.05) is 12.1 Å². The first-order valence-electron chi connectivity index (χ1n) is 7.10. The summed E-state index contributed by atoms with van der Waals surface area (Å²) in [7, 11) is 0. The maximum atomic E-state index is 11.2. The van der Waals surface area contributed by atoms with E-state index in [4.69, 9.17) is 14.9 Å². The van der Waals surface area contributed by atoms with E-state index in [0.717, 1.165) is 12.8 Å². The van der Waals surface area contributed by atoms with E-state index in [-0.39, 0.29) is 6.10 Å². The van der Waals surface area contributed by atoms with Crippen LogP contribution in [0.3, 0.4) is 0 Å². The van der Waals surface area contributed by atoms with E-state index < -0.39 is 5.76 Å². The Bertz CT molecular complexity index is 663. The third-order valence-electron chi connectivity index (χ3n) is 3.98. The fraction of sp³-hybridized carbons (Fsp3) is 0.533. The Hall–Kier alpha value is -1.91. The van der Waals surface area contributed by atoms with Gasteiger partial charge in [-0.1, -0.05) is 13.8 Å². The van der Waals surface area contributed by atoms with E-state index in [1.54, 1.807) is 12.1 Å². The van der Waals surface area contributed by atoms with Crippen LogP contribution in [0.5, 0.6) is 5.75 Å². The zero-order valence-electron chi connectivity index (χ0n) is 11.8. The molecule has 0 amide bonds. The average molecular weight is 276 g/mol. The van der Waals surface area contributed by atoms with Crippen molar-refractivity contribution in [1.82, 2.24) is 4.98 Å². The molecule has 1 saturated carbocycles. The second-order valence-corrected chi connectivity index (χ2v) is 6.06. The Morgan fingerprint density at radius 1 is 1.25 bits per heavy atom. The number of anilines is 1. The lowest BCUT2D eigenvalue weighted by molar-refractivity contribution is 0.102. The number of nitrogens with one attached hydrogen (secondary N) is 1. The molecular formula is C15H20N2O3. The Morgan fingerprint density at radius 3 is 2.65 bits per heavy atom. The summed E-state index contributed by atoms with van der Waals surface area (Å²) in [5.74, 6) is 1.49. The van der Waals surface area contributed by atoms with Crippen molar-refractivity contribution < 1.29 is 9.15 Å². The molecule has 1 aliphatic rings. The molecule has 20 heavy (non-hydrogen) atoms. The minimum Gasteiger partial charge on any atom is -0.488 e. The first kappa shape index (κ1) is 13.1. The van der Waals surface area contributed by atoms with Gasteiger partial charge in [-0.2, -0.15) is 0 Å². The first-order chi connectivity index (χ1) is 9.51. The van der Waals surface area contributed by atoms with Gasteiger partial charge in [0.25, 0.3) is 0 Å². The van der Waals surface area contributed by atoms with Crippen molar-refractivity contribution in [1.29, 1.82) is 0 Å². The van der Waals surface area contributed by atoms with Crippen molar-refractivity contribution in [2.75, 3.05) is 5.73 Å². The number of hydrogen-bond donors (Lipinski definition) is 2. The quantitative estimate of drug-likeness (QED) is 0.826. The molecule has 108 valence electrons. The Balaban J connectivity index is 1.86. The van der Waals surface area contributed by atoms with Gasteiger partial charge in [-0.05, 0) is 31.1 Å². The molecule has 0 spiro atoms. The van der Waals surface area contributed by atoms with Crippen molar-refractivity contribution in [2.45, 2.75) is 39.2 Å². The zero-order valence-corrected chi connectivity index (χ0v) is 11.8. The molecule has 1 aromatic carbocycles. The summed E-state index contributed by atoms with van der Waals surface area (Å²) in [6.07, 6.45) is 3.53. The third kappa shape index (κ3) is 2.53. The number of ether oxygens (including phenoxy) is 1. The van der Waals surface area contributed by atoms with E-state index >= 15 is 0 Å². The molecule has 1 fully saturated rings. The molecule has 1 heterocycles. The lowest BCUT2D eigenvalue weighted by atomic mass is 9.82. The number of hydrogen-bond acceptors (Lipinski definition) is 4. The van der Waals surface area contributed by atoms with Crippen LogP contribution in [0, 0.1) is 11.8 Å². The number of H-pyrrole nitrogens is 1. The molecule has 0 saturated heterocycles. The number of aromatic amines is 1. The Morgan fingerprint density at radius 2 is 1.95 bits per heavy atom. The average Bonchev–Trinajstić information content (AvgIpc) is 2.67. The molecule has 5 heteroatoms. The molecule has 3 N–H and O–H groups in total. The molecule has 2 atom stereocenters. The van der Waals surface area contributed by atoms with Gasteiger partial charge in [0.1, 0.15) is 5.75 Å². The maximum Gasteiger partial charge on any atom is 0.417 e. The highest BCUT2D eigenvalue weighted by Crippen LogP contribution is 2.34. The maximum absolute atomic E-state index is 11.2. The molecular weight excluding hydrogens is 256 g/mol. The van der Waals surface area contributed by atoms with Gasteiger partial charge in [-0.15, -0.1) is 0 Å². The summed E-state index contributed by atoms with van der Waals surface area (Å²) >= 11 is 0. The van der Waals surface area contributed by atoms with Crippen molar-refractivity contribution in [3.8, 4) is 5.75 Å². The van der Waals surface area contributed by atoms with Crippen LogP contribution in [0.25, 0.3) is 11.1 Å². The smallest absolute Gasteiger partial charge is 0.417 e. The van der Waals surface area contributed by atoms with Crippen LogP contribution in [0.15, 0.2) is 21.3 Å². The minimum atomic E-state index is -0.475. The van der Waals surface area contributed by atoms with Crippen molar-refractivity contribution in [3.63, 3.8) is 0 Å². The lowest BCUT2D eigenvalue weighted by Crippen LogP contribution is -2.28. The number of benzene rings is 1. The number of aromatic nitrogens is 1. The predicted molar refractivity (Wildman–Crippen MR) is 77.8 cm³/mol. The van der Waals surface area contributed by atoms with Crippen LogP contribution in [0.4, 0.5) is 5.69 Å². The Labute approximate surface area is 117 Å². The van der Waals surface area contributed by atoms with Crippen LogP contribution in [0.2, 0.25) is 0 Å². The predicted octanol–water partition coefficient (Wildman–Crippen LogP) is 2.91. The standard InChI is InChI=1S/C15H20N2O3/c1-8-3-9(2)5-10(4-8)19-13-7-12-14(6-11(13)16)20-15(18)17-12/h6-10H,3-5,16H2,1-2H3,(H,17,18). The van der Waals surface area contributed by atoms with Gasteiger partial charge in [-0.3, -0.25) is 4.98 Å². The highest BCUT2D eigenvalue weighted by molar-refractivity contribution is 5.80. The first-order valence-corrected chi connectivity index (χ1v) is 7.10. The summed E-state index contributed by atoms with van der Waals surface area (Å²) < 4.78 is 11.0. The van der Waals surface area contributed by atoms with Gasteiger partial charge in [0.2, 0.25) is 0 Å². The van der Waals surface area contributed by atoms with Crippen LogP contribution >= 0.6 is 0 Å². The lowest BCUT2D eigenvalue weighted by Gasteiger charge is -2.31. The van der Waals surface area contributed by atoms with E-state index in [0.29, 0.717) is 34.4 Å². The van der Waals surface area contributed by atoms with Crippen LogP contribution in [0.1, 0.15) is 33.1 Å². The molecule has 1 aromatic heterocycles. The number of rotatable bonds is 2. The Kier molecular flexibility index (Phi) is 3.20. The molecule has 0 radical (unpaired) electrons. The fourth-order valence-electron chi connectivity index (χ4n) is 3.24. The third-order valence-corrected chi connectivity index (χ3v) is 3.98. The van der Waals surface area contributed by atoms with Crippen LogP contribution in [-0.4, -0.2) is 11.1 Å². The van der Waals surface area contributed by atoms with Crippen molar-refractivity contribution in [3.05, 3.63) is 22.7 Å². The van der Waals surface area contributed by atoms with Crippen molar-refractivity contribution in [2.24, 2.45) is 11.8 Å². The largest absolute Gasteiger partial charge is 0.488 e. The van der Waals surface area contributed by atoms with E-state index in [2.05, 4.69) is 18.8 Å². The van der Waals surface area contributed by atoms with Gasteiger partial charge < -0.3 is 14.9 Å². The SMILES string of the molecule is CC1CC(C)CC(Oc2cc3[nH]c(=O)oc3cc2N)C1. The number of oxazole rings is 1. The van der Waals surface area contributed by atoms with Gasteiger partial charge in [0.05, 0.1) is 17.3 Å². The van der Waals surface area contributed by atoms with Gasteiger partial charge in [-0.25, -0.2) is 4.79 Å². The summed E-state index contributed by atoms with van der Waals surface area (Å²) in [6, 6.07) is 3.39. The summed E-state index contributed by atoms with van der Waals surface area (Å²) in [5, 5.41) is 0. The zero-order chi connectivity index (χ0) is 14.3. The molecule has 0 aliphatic heterocycles. The second-order valence-electron chi connectivity index (χ2n) is 6.06. The van der Waals surface area contributed by atoms with Crippen LogP contribution in [-0.2, 0) is 0 Å². The van der Waals surface area contributed by atoms with Gasteiger partial charge in [0.15, 0.2) is 5.58 Å².